The third-order valence-electron chi connectivity index (χ3n) is 0.405. The second-order valence-corrected chi connectivity index (χ2v) is 9.62. The predicted molar refractivity (Wildman–Crippen MR) is 38.8 cm³/mol. The van der Waals surface area contributed by atoms with Crippen LogP contribution >= 0.6 is 20.0 Å². The molecule has 0 aromatic carbocycles. The summed E-state index contributed by atoms with van der Waals surface area (Å²) in [6, 6.07) is 0. The summed E-state index contributed by atoms with van der Waals surface area (Å²) in [4.78, 5) is 0. The average molecular weight is 184 g/mol. The van der Waals surface area contributed by atoms with Crippen LogP contribution in [-0.4, -0.2) is 24.9 Å². The van der Waals surface area contributed by atoms with Gasteiger partial charge >= 0.3 is 45.0 Å². The fourth-order valence-corrected chi connectivity index (χ4v) is 9.74. The normalized spacial score (nSPS) is 20.0. The topological polar surface area (TPSA) is 0 Å². The molecule has 0 N–H and O–H groups in total. The molecule has 0 amide bonds. The van der Waals surface area contributed by atoms with Gasteiger partial charge in [0.2, 0.25) is 0 Å². The monoisotopic (exact) mass is 184 g/mol. The van der Waals surface area contributed by atoms with Crippen molar-refractivity contribution in [3.63, 3.8) is 0 Å². The van der Waals surface area contributed by atoms with Gasteiger partial charge in [0.05, 0.1) is 0 Å². The molecule has 0 aromatic rings. The first-order chi connectivity index (χ1) is 2.50. The molecule has 0 saturated carbocycles. The molecule has 1 heterocycles. The van der Waals surface area contributed by atoms with Crippen molar-refractivity contribution in [1.82, 2.24) is 0 Å². The van der Waals surface area contributed by atoms with Gasteiger partial charge in [-0.2, -0.15) is 0 Å². The molecule has 3 heteroatoms. The Morgan fingerprint density at radius 1 is 1.17 bits per heavy atom. The number of rotatable bonds is 0. The molecular formula is C3H9AsS2. The van der Waals surface area contributed by atoms with Gasteiger partial charge in [-0.25, -0.2) is 0 Å². The van der Waals surface area contributed by atoms with Crippen molar-refractivity contribution in [2.24, 2.45) is 0 Å². The van der Waals surface area contributed by atoms with Crippen LogP contribution in [0.2, 0.25) is 0 Å². The fourth-order valence-electron chi connectivity index (χ4n) is 0.208. The van der Waals surface area contributed by atoms with Crippen molar-refractivity contribution in [2.45, 2.75) is 7.43 Å². The second kappa shape index (κ2) is 4.42. The van der Waals surface area contributed by atoms with Crippen LogP contribution in [0.3, 0.4) is 0 Å². The van der Waals surface area contributed by atoms with Crippen molar-refractivity contribution in [3.05, 3.63) is 0 Å². The summed E-state index contributed by atoms with van der Waals surface area (Å²) in [5, 5.41) is 0. The van der Waals surface area contributed by atoms with Crippen LogP contribution in [-0.2, 0) is 0 Å². The maximum absolute atomic E-state index is 2.16. The molecule has 6 heavy (non-hydrogen) atoms. The molecule has 0 atom stereocenters. The Balaban J connectivity index is 0.000000250. The molecule has 38 valence electrons. The zero-order chi connectivity index (χ0) is 3.54. The van der Waals surface area contributed by atoms with E-state index in [0.717, 1.165) is 0 Å². The zero-order valence-corrected chi connectivity index (χ0v) is 6.46. The molecule has 0 aromatic heterocycles. The molecule has 0 nitrogen and oxygen atoms in total. The first-order valence-corrected chi connectivity index (χ1v) is 8.60. The quantitative estimate of drug-likeness (QED) is 0.521. The van der Waals surface area contributed by atoms with E-state index < -0.39 is 0 Å². The molecule has 0 unspecified atom stereocenters. The Hall–Kier alpha value is 1.26. The van der Waals surface area contributed by atoms with Crippen molar-refractivity contribution in [1.29, 1.82) is 0 Å². The van der Waals surface area contributed by atoms with Gasteiger partial charge in [0.1, 0.15) is 0 Å². The summed E-state index contributed by atoms with van der Waals surface area (Å²) in [6.07, 6.45) is 0. The summed E-state index contributed by atoms with van der Waals surface area (Å²) in [5.74, 6) is 2.87. The molecule has 1 aliphatic rings. The molecule has 1 rings (SSSR count). The van der Waals surface area contributed by atoms with Gasteiger partial charge in [-0.3, -0.25) is 0 Å². The SMILES string of the molecule is C.C1CS[AsH]S1. The van der Waals surface area contributed by atoms with Crippen molar-refractivity contribution in [2.75, 3.05) is 11.5 Å². The summed E-state index contributed by atoms with van der Waals surface area (Å²) in [7, 11) is 4.32. The summed E-state index contributed by atoms with van der Waals surface area (Å²) in [6.45, 7) is 0. The van der Waals surface area contributed by atoms with E-state index in [-0.39, 0.29) is 7.43 Å². The van der Waals surface area contributed by atoms with Crippen molar-refractivity contribution < 1.29 is 0 Å². The van der Waals surface area contributed by atoms with Gasteiger partial charge in [0.15, 0.2) is 0 Å². The van der Waals surface area contributed by atoms with E-state index >= 15 is 0 Å². The first kappa shape index (κ1) is 7.26. The van der Waals surface area contributed by atoms with E-state index in [1.54, 1.807) is 0 Å². The van der Waals surface area contributed by atoms with Crippen LogP contribution in [0.1, 0.15) is 7.43 Å². The Morgan fingerprint density at radius 2 is 1.67 bits per heavy atom. The Kier molecular flexibility index (Phi) is 5.34. The second-order valence-electron chi connectivity index (χ2n) is 0.780. The minimum absolute atomic E-state index is 0. The Morgan fingerprint density at radius 3 is 1.83 bits per heavy atom. The van der Waals surface area contributed by atoms with Crippen molar-refractivity contribution in [3.8, 4) is 0 Å². The Bertz CT molecular complexity index is 20.4. The molecular weight excluding hydrogens is 175 g/mol. The molecule has 1 fully saturated rings. The van der Waals surface area contributed by atoms with E-state index in [1.165, 1.54) is 11.5 Å². The Labute approximate surface area is 52.5 Å². The summed E-state index contributed by atoms with van der Waals surface area (Å²) < 4.78 is 0. The molecule has 1 aliphatic heterocycles. The third kappa shape index (κ3) is 2.43. The van der Waals surface area contributed by atoms with Crippen LogP contribution in [0.15, 0.2) is 0 Å². The average Bonchev–Trinajstić information content (AvgIpc) is 1.76. The van der Waals surface area contributed by atoms with Crippen molar-refractivity contribution >= 4 is 33.5 Å². The van der Waals surface area contributed by atoms with Gasteiger partial charge < -0.3 is 0 Å². The molecule has 0 aliphatic carbocycles. The van der Waals surface area contributed by atoms with E-state index in [4.69, 9.17) is 0 Å². The maximum atomic E-state index is 2.16. The zero-order valence-electron chi connectivity index (χ0n) is 2.73. The van der Waals surface area contributed by atoms with E-state index in [0.29, 0.717) is 13.4 Å². The van der Waals surface area contributed by atoms with Crippen LogP contribution in [0.25, 0.3) is 0 Å². The number of hydrogen-bond donors (Lipinski definition) is 0. The van der Waals surface area contributed by atoms with Gasteiger partial charge in [-0.15, -0.1) is 0 Å². The minimum atomic E-state index is 0. The standard InChI is InChI=1S/C2H5AsS2.CH4/c1-2-5-3-4-1;/h3H,1-2H2;1H4. The summed E-state index contributed by atoms with van der Waals surface area (Å²) >= 11 is 0.472. The molecule has 0 radical (unpaired) electrons. The van der Waals surface area contributed by atoms with E-state index in [1.807, 2.05) is 0 Å². The molecule has 1 saturated heterocycles. The third-order valence-corrected chi connectivity index (χ3v) is 9.44. The fraction of sp³-hybridized carbons (Fsp3) is 1.00. The number of hydrogen-bond acceptors (Lipinski definition) is 2. The van der Waals surface area contributed by atoms with Gasteiger partial charge in [-0.1, -0.05) is 7.43 Å². The van der Waals surface area contributed by atoms with E-state index in [9.17, 15) is 0 Å². The van der Waals surface area contributed by atoms with Gasteiger partial charge in [0, 0.05) is 0 Å². The van der Waals surface area contributed by atoms with Crippen LogP contribution in [0.5, 0.6) is 0 Å². The van der Waals surface area contributed by atoms with Gasteiger partial charge in [0.25, 0.3) is 0 Å². The van der Waals surface area contributed by atoms with Crippen LogP contribution in [0, 0.1) is 0 Å². The summed E-state index contributed by atoms with van der Waals surface area (Å²) in [5.41, 5.74) is 0. The van der Waals surface area contributed by atoms with Gasteiger partial charge in [-0.05, 0) is 0 Å². The van der Waals surface area contributed by atoms with Crippen LogP contribution < -0.4 is 0 Å². The first-order valence-electron chi connectivity index (χ1n) is 1.49. The molecule has 0 spiro atoms. The predicted octanol–water partition coefficient (Wildman–Crippen LogP) is 1.37. The van der Waals surface area contributed by atoms with Crippen LogP contribution in [0.4, 0.5) is 0 Å². The molecule has 0 bridgehead atoms. The van der Waals surface area contributed by atoms with E-state index in [2.05, 4.69) is 20.0 Å².